The molecule has 0 aliphatic rings. The van der Waals surface area contributed by atoms with Crippen molar-refractivity contribution in [1.82, 2.24) is 25.8 Å². The van der Waals surface area contributed by atoms with Crippen molar-refractivity contribution in [3.05, 3.63) is 28.3 Å². The first-order valence-electron chi connectivity index (χ1n) is 6.13. The van der Waals surface area contributed by atoms with Gasteiger partial charge in [-0.05, 0) is 26.3 Å². The molecule has 2 aromatic rings. The predicted octanol–water partition coefficient (Wildman–Crippen LogP) is 0.967. The molecular formula is C12H17N5O2. The van der Waals surface area contributed by atoms with E-state index in [0.29, 0.717) is 30.8 Å². The number of amides is 1. The molecule has 0 aliphatic heterocycles. The first-order chi connectivity index (χ1) is 9.08. The third-order valence-corrected chi connectivity index (χ3v) is 3.14. The van der Waals surface area contributed by atoms with Crippen molar-refractivity contribution in [3.8, 4) is 0 Å². The molecule has 19 heavy (non-hydrogen) atoms. The third-order valence-electron chi connectivity index (χ3n) is 3.14. The first kappa shape index (κ1) is 13.3. The molecule has 0 aromatic carbocycles. The maximum absolute atomic E-state index is 11.7. The molecule has 7 heteroatoms. The fourth-order valence-electron chi connectivity index (χ4n) is 1.69. The Morgan fingerprint density at radius 2 is 2.05 bits per heavy atom. The van der Waals surface area contributed by atoms with Crippen LogP contribution in [-0.2, 0) is 17.8 Å². The highest BCUT2D eigenvalue weighted by Gasteiger charge is 2.10. The van der Waals surface area contributed by atoms with E-state index in [-0.39, 0.29) is 5.91 Å². The molecular weight excluding hydrogens is 246 g/mol. The van der Waals surface area contributed by atoms with E-state index in [1.165, 1.54) is 0 Å². The Balaban J connectivity index is 1.79. The van der Waals surface area contributed by atoms with Gasteiger partial charge in [-0.1, -0.05) is 10.3 Å². The highest BCUT2D eigenvalue weighted by molar-refractivity contribution is 5.76. The Labute approximate surface area is 110 Å². The van der Waals surface area contributed by atoms with E-state index in [2.05, 4.69) is 30.5 Å². The standard InChI is InChI=1S/C12H17N5O2/c1-7-8(2)14-15-10(7)4-5-12(18)13-6-11-9(3)16-19-17-11/h4-6H2,1-3H3,(H,13,18)(H,14,15). The van der Waals surface area contributed by atoms with Gasteiger partial charge in [0.2, 0.25) is 5.91 Å². The zero-order chi connectivity index (χ0) is 13.8. The van der Waals surface area contributed by atoms with Crippen molar-refractivity contribution < 1.29 is 9.42 Å². The fourth-order valence-corrected chi connectivity index (χ4v) is 1.69. The zero-order valence-corrected chi connectivity index (χ0v) is 11.3. The van der Waals surface area contributed by atoms with Crippen LogP contribution < -0.4 is 5.32 Å². The summed E-state index contributed by atoms with van der Waals surface area (Å²) in [6.07, 6.45) is 1.02. The van der Waals surface area contributed by atoms with Crippen LogP contribution in [0.5, 0.6) is 0 Å². The van der Waals surface area contributed by atoms with E-state index in [1.807, 2.05) is 13.8 Å². The lowest BCUT2D eigenvalue weighted by molar-refractivity contribution is -0.121. The number of nitrogens with one attached hydrogen (secondary N) is 2. The minimum absolute atomic E-state index is 0.0394. The summed E-state index contributed by atoms with van der Waals surface area (Å²) in [5.74, 6) is -0.0394. The van der Waals surface area contributed by atoms with Crippen molar-refractivity contribution in [2.24, 2.45) is 0 Å². The van der Waals surface area contributed by atoms with Gasteiger partial charge in [0.05, 0.1) is 12.2 Å². The quantitative estimate of drug-likeness (QED) is 0.837. The number of aromatic nitrogens is 4. The number of hydrogen-bond acceptors (Lipinski definition) is 5. The summed E-state index contributed by atoms with van der Waals surface area (Å²) in [5.41, 5.74) is 4.44. The molecule has 0 fully saturated rings. The van der Waals surface area contributed by atoms with Gasteiger partial charge in [-0.25, -0.2) is 4.63 Å². The molecule has 0 saturated carbocycles. The number of carbonyl (C=O) groups excluding carboxylic acids is 1. The number of carbonyl (C=O) groups is 1. The SMILES string of the molecule is Cc1nonc1CNC(=O)CCc1n[nH]c(C)c1C. The van der Waals surface area contributed by atoms with Crippen molar-refractivity contribution in [2.75, 3.05) is 0 Å². The summed E-state index contributed by atoms with van der Waals surface area (Å²) in [4.78, 5) is 11.7. The largest absolute Gasteiger partial charge is 0.350 e. The van der Waals surface area contributed by atoms with E-state index in [4.69, 9.17) is 0 Å². The molecule has 0 bridgehead atoms. The van der Waals surface area contributed by atoms with E-state index >= 15 is 0 Å². The van der Waals surface area contributed by atoms with Crippen LogP contribution >= 0.6 is 0 Å². The minimum atomic E-state index is -0.0394. The lowest BCUT2D eigenvalue weighted by atomic mass is 10.1. The number of hydrogen-bond donors (Lipinski definition) is 2. The maximum atomic E-state index is 11.7. The molecule has 0 spiro atoms. The van der Waals surface area contributed by atoms with Crippen LogP contribution in [0.4, 0.5) is 0 Å². The summed E-state index contributed by atoms with van der Waals surface area (Å²) < 4.78 is 4.56. The molecule has 2 rings (SSSR count). The highest BCUT2D eigenvalue weighted by Crippen LogP contribution is 2.10. The van der Waals surface area contributed by atoms with Gasteiger partial charge in [-0.15, -0.1) is 0 Å². The second-order valence-corrected chi connectivity index (χ2v) is 4.49. The average molecular weight is 263 g/mol. The molecule has 7 nitrogen and oxygen atoms in total. The monoisotopic (exact) mass is 263 g/mol. The zero-order valence-electron chi connectivity index (χ0n) is 11.3. The smallest absolute Gasteiger partial charge is 0.220 e. The lowest BCUT2D eigenvalue weighted by Crippen LogP contribution is -2.23. The normalized spacial score (nSPS) is 10.7. The van der Waals surface area contributed by atoms with Crippen molar-refractivity contribution in [2.45, 2.75) is 40.2 Å². The molecule has 2 aromatic heterocycles. The van der Waals surface area contributed by atoms with Crippen molar-refractivity contribution >= 4 is 5.91 Å². The Bertz CT molecular complexity index is 572. The number of aryl methyl sites for hydroxylation is 3. The Morgan fingerprint density at radius 1 is 1.26 bits per heavy atom. The lowest BCUT2D eigenvalue weighted by Gasteiger charge is -2.02. The number of nitrogens with zero attached hydrogens (tertiary/aromatic N) is 3. The topological polar surface area (TPSA) is 96.7 Å². The van der Waals surface area contributed by atoms with Crippen LogP contribution in [0.15, 0.2) is 4.63 Å². The van der Waals surface area contributed by atoms with Crippen LogP contribution in [0.25, 0.3) is 0 Å². The van der Waals surface area contributed by atoms with Gasteiger partial charge in [-0.3, -0.25) is 9.89 Å². The van der Waals surface area contributed by atoms with E-state index in [1.54, 1.807) is 6.92 Å². The Morgan fingerprint density at radius 3 is 2.63 bits per heavy atom. The summed E-state index contributed by atoms with van der Waals surface area (Å²) in [6, 6.07) is 0. The third kappa shape index (κ3) is 3.18. The van der Waals surface area contributed by atoms with Crippen molar-refractivity contribution in [3.63, 3.8) is 0 Å². The molecule has 2 heterocycles. The molecule has 1 amide bonds. The number of H-pyrrole nitrogens is 1. The van der Waals surface area contributed by atoms with Crippen LogP contribution in [0.3, 0.4) is 0 Å². The Kier molecular flexibility index (Phi) is 3.94. The Hall–Kier alpha value is -2.18. The van der Waals surface area contributed by atoms with Crippen LogP contribution in [0, 0.1) is 20.8 Å². The van der Waals surface area contributed by atoms with Gasteiger partial charge in [0.25, 0.3) is 0 Å². The van der Waals surface area contributed by atoms with Gasteiger partial charge < -0.3 is 5.32 Å². The maximum Gasteiger partial charge on any atom is 0.220 e. The molecule has 0 unspecified atom stereocenters. The van der Waals surface area contributed by atoms with Crippen LogP contribution in [0.2, 0.25) is 0 Å². The first-order valence-corrected chi connectivity index (χ1v) is 6.13. The van der Waals surface area contributed by atoms with Gasteiger partial charge >= 0.3 is 0 Å². The van der Waals surface area contributed by atoms with Gasteiger partial charge in [0.15, 0.2) is 0 Å². The van der Waals surface area contributed by atoms with E-state index in [0.717, 1.165) is 17.0 Å². The van der Waals surface area contributed by atoms with Gasteiger partial charge in [0.1, 0.15) is 11.4 Å². The van der Waals surface area contributed by atoms with Gasteiger partial charge in [-0.2, -0.15) is 5.10 Å². The van der Waals surface area contributed by atoms with Crippen LogP contribution in [-0.4, -0.2) is 26.4 Å². The average Bonchev–Trinajstić information content (AvgIpc) is 2.93. The molecule has 0 aliphatic carbocycles. The summed E-state index contributed by atoms with van der Waals surface area (Å²) in [5, 5.41) is 17.2. The van der Waals surface area contributed by atoms with E-state index in [9.17, 15) is 4.79 Å². The molecule has 2 N–H and O–H groups in total. The van der Waals surface area contributed by atoms with Gasteiger partial charge in [0, 0.05) is 18.5 Å². The van der Waals surface area contributed by atoms with E-state index < -0.39 is 0 Å². The highest BCUT2D eigenvalue weighted by atomic mass is 16.6. The number of rotatable bonds is 5. The summed E-state index contributed by atoms with van der Waals surface area (Å²) in [6.45, 7) is 6.09. The fraction of sp³-hybridized carbons (Fsp3) is 0.500. The molecule has 102 valence electrons. The molecule has 0 radical (unpaired) electrons. The molecule has 0 saturated heterocycles. The molecule has 0 atom stereocenters. The second kappa shape index (κ2) is 5.64. The second-order valence-electron chi connectivity index (χ2n) is 4.49. The number of aromatic amines is 1. The van der Waals surface area contributed by atoms with Crippen LogP contribution in [0.1, 0.15) is 34.8 Å². The summed E-state index contributed by atoms with van der Waals surface area (Å²) >= 11 is 0. The summed E-state index contributed by atoms with van der Waals surface area (Å²) in [7, 11) is 0. The van der Waals surface area contributed by atoms with Crippen molar-refractivity contribution in [1.29, 1.82) is 0 Å². The predicted molar refractivity (Wildman–Crippen MR) is 67.3 cm³/mol. The minimum Gasteiger partial charge on any atom is -0.350 e.